The SMILES string of the molecule is COc1c(C)cc(S(=O)(=O)NC(=O)C2(C)CCC2)cc1C. The number of carbonyl (C=O) groups excluding carboxylic acids is 1. The number of nitrogens with one attached hydrogen (secondary N) is 1. The van der Waals surface area contributed by atoms with E-state index in [0.717, 1.165) is 30.4 Å². The van der Waals surface area contributed by atoms with E-state index >= 15 is 0 Å². The molecule has 21 heavy (non-hydrogen) atoms. The van der Waals surface area contributed by atoms with Crippen molar-refractivity contribution in [2.45, 2.75) is 44.9 Å². The first-order chi connectivity index (χ1) is 9.69. The average Bonchev–Trinajstić information content (AvgIpc) is 2.34. The van der Waals surface area contributed by atoms with Gasteiger partial charge in [-0.05, 0) is 49.9 Å². The first-order valence-corrected chi connectivity index (χ1v) is 8.40. The van der Waals surface area contributed by atoms with Crippen molar-refractivity contribution in [1.82, 2.24) is 4.72 Å². The van der Waals surface area contributed by atoms with Crippen molar-refractivity contribution in [3.05, 3.63) is 23.3 Å². The molecule has 0 heterocycles. The van der Waals surface area contributed by atoms with Crippen LogP contribution in [0.4, 0.5) is 0 Å². The van der Waals surface area contributed by atoms with Gasteiger partial charge in [0.1, 0.15) is 5.75 Å². The number of ether oxygens (including phenoxy) is 1. The fourth-order valence-corrected chi connectivity index (χ4v) is 3.90. The summed E-state index contributed by atoms with van der Waals surface area (Å²) in [7, 11) is -2.30. The van der Waals surface area contributed by atoms with Gasteiger partial charge in [0.05, 0.1) is 12.0 Å². The third-order valence-corrected chi connectivity index (χ3v) is 5.49. The van der Waals surface area contributed by atoms with Crippen LogP contribution in [0.2, 0.25) is 0 Å². The van der Waals surface area contributed by atoms with E-state index in [0.29, 0.717) is 5.75 Å². The Morgan fingerprint density at radius 3 is 2.14 bits per heavy atom. The van der Waals surface area contributed by atoms with Crippen molar-refractivity contribution >= 4 is 15.9 Å². The van der Waals surface area contributed by atoms with Crippen LogP contribution in [-0.2, 0) is 14.8 Å². The van der Waals surface area contributed by atoms with Gasteiger partial charge in [-0.15, -0.1) is 0 Å². The molecule has 1 aromatic rings. The van der Waals surface area contributed by atoms with E-state index in [1.807, 2.05) is 0 Å². The number of methoxy groups -OCH3 is 1. The summed E-state index contributed by atoms with van der Waals surface area (Å²) >= 11 is 0. The van der Waals surface area contributed by atoms with E-state index in [9.17, 15) is 13.2 Å². The molecule has 116 valence electrons. The van der Waals surface area contributed by atoms with Gasteiger partial charge in [-0.2, -0.15) is 0 Å². The third-order valence-electron chi connectivity index (χ3n) is 4.18. The lowest BCUT2D eigenvalue weighted by Crippen LogP contribution is -2.45. The quantitative estimate of drug-likeness (QED) is 0.926. The van der Waals surface area contributed by atoms with Gasteiger partial charge in [-0.1, -0.05) is 13.3 Å². The minimum absolute atomic E-state index is 0.0922. The zero-order valence-electron chi connectivity index (χ0n) is 12.8. The predicted molar refractivity (Wildman–Crippen MR) is 79.8 cm³/mol. The Labute approximate surface area is 125 Å². The highest BCUT2D eigenvalue weighted by atomic mass is 32.2. The molecule has 0 unspecified atom stereocenters. The summed E-state index contributed by atoms with van der Waals surface area (Å²) in [6.45, 7) is 5.35. The lowest BCUT2D eigenvalue weighted by molar-refractivity contribution is -0.132. The number of benzene rings is 1. The van der Waals surface area contributed by atoms with Gasteiger partial charge in [-0.3, -0.25) is 4.79 Å². The van der Waals surface area contributed by atoms with Crippen molar-refractivity contribution in [2.24, 2.45) is 5.41 Å². The Kier molecular flexibility index (Phi) is 4.02. The van der Waals surface area contributed by atoms with Crippen molar-refractivity contribution < 1.29 is 17.9 Å². The Morgan fingerprint density at radius 1 is 1.24 bits per heavy atom. The molecule has 1 amide bonds. The van der Waals surface area contributed by atoms with E-state index in [1.54, 1.807) is 27.9 Å². The van der Waals surface area contributed by atoms with Crippen LogP contribution in [0.25, 0.3) is 0 Å². The number of rotatable bonds is 4. The van der Waals surface area contributed by atoms with Crippen LogP contribution in [0.5, 0.6) is 5.75 Å². The number of aryl methyl sites for hydroxylation is 2. The van der Waals surface area contributed by atoms with Crippen LogP contribution in [0.15, 0.2) is 17.0 Å². The largest absolute Gasteiger partial charge is 0.496 e. The molecule has 0 atom stereocenters. The molecule has 0 aromatic heterocycles. The van der Waals surface area contributed by atoms with Crippen LogP contribution in [0, 0.1) is 19.3 Å². The minimum atomic E-state index is -3.84. The summed E-state index contributed by atoms with van der Waals surface area (Å²) in [4.78, 5) is 12.2. The van der Waals surface area contributed by atoms with Crippen molar-refractivity contribution in [1.29, 1.82) is 0 Å². The third kappa shape index (κ3) is 2.90. The van der Waals surface area contributed by atoms with E-state index in [1.165, 1.54) is 12.1 Å². The molecule has 1 aromatic carbocycles. The second-order valence-electron chi connectivity index (χ2n) is 5.94. The van der Waals surface area contributed by atoms with E-state index < -0.39 is 21.3 Å². The number of sulfonamides is 1. The Balaban J connectivity index is 2.30. The second-order valence-corrected chi connectivity index (χ2v) is 7.62. The highest BCUT2D eigenvalue weighted by molar-refractivity contribution is 7.90. The Morgan fingerprint density at radius 2 is 1.76 bits per heavy atom. The number of hydrogen-bond donors (Lipinski definition) is 1. The topological polar surface area (TPSA) is 72.5 Å². The first-order valence-electron chi connectivity index (χ1n) is 6.92. The summed E-state index contributed by atoms with van der Waals surface area (Å²) in [5.41, 5.74) is 0.893. The number of hydrogen-bond acceptors (Lipinski definition) is 4. The van der Waals surface area contributed by atoms with E-state index in [-0.39, 0.29) is 4.90 Å². The molecule has 0 saturated heterocycles. The summed E-state index contributed by atoms with van der Waals surface area (Å²) in [6, 6.07) is 3.04. The van der Waals surface area contributed by atoms with Crippen LogP contribution in [0.3, 0.4) is 0 Å². The lowest BCUT2D eigenvalue weighted by atomic mass is 9.70. The smallest absolute Gasteiger partial charge is 0.264 e. The van der Waals surface area contributed by atoms with Gasteiger partial charge in [0.15, 0.2) is 0 Å². The second kappa shape index (κ2) is 5.33. The van der Waals surface area contributed by atoms with E-state index in [4.69, 9.17) is 4.74 Å². The minimum Gasteiger partial charge on any atom is -0.496 e. The normalized spacial score (nSPS) is 17.0. The van der Waals surface area contributed by atoms with Gasteiger partial charge < -0.3 is 4.74 Å². The highest BCUT2D eigenvalue weighted by Gasteiger charge is 2.41. The molecule has 1 aliphatic carbocycles. The first kappa shape index (κ1) is 15.8. The standard InChI is InChI=1S/C15H21NO4S/c1-10-8-12(9-11(2)13(10)20-4)21(18,19)16-14(17)15(3)6-5-7-15/h8-9H,5-7H2,1-4H3,(H,16,17). The molecule has 2 rings (SSSR count). The molecule has 0 bridgehead atoms. The summed E-state index contributed by atoms with van der Waals surface area (Å²) < 4.78 is 32.1. The van der Waals surface area contributed by atoms with Gasteiger partial charge in [-0.25, -0.2) is 13.1 Å². The number of carbonyl (C=O) groups is 1. The maximum absolute atomic E-state index is 12.4. The fourth-order valence-electron chi connectivity index (χ4n) is 2.63. The lowest BCUT2D eigenvalue weighted by Gasteiger charge is -2.36. The van der Waals surface area contributed by atoms with Crippen molar-refractivity contribution in [2.75, 3.05) is 7.11 Å². The van der Waals surface area contributed by atoms with Gasteiger partial charge >= 0.3 is 0 Å². The van der Waals surface area contributed by atoms with Gasteiger partial charge in [0.2, 0.25) is 5.91 Å². The molecule has 1 aliphatic rings. The van der Waals surface area contributed by atoms with Crippen LogP contribution >= 0.6 is 0 Å². The molecular formula is C15H21NO4S. The Hall–Kier alpha value is -1.56. The monoisotopic (exact) mass is 311 g/mol. The zero-order valence-corrected chi connectivity index (χ0v) is 13.6. The molecule has 1 N–H and O–H groups in total. The molecular weight excluding hydrogens is 290 g/mol. The van der Waals surface area contributed by atoms with Crippen LogP contribution in [0.1, 0.15) is 37.3 Å². The Bertz CT molecular complexity index is 652. The van der Waals surface area contributed by atoms with E-state index in [2.05, 4.69) is 4.72 Å². The highest BCUT2D eigenvalue weighted by Crippen LogP contribution is 2.40. The molecule has 0 radical (unpaired) electrons. The van der Waals surface area contributed by atoms with Crippen LogP contribution < -0.4 is 9.46 Å². The maximum Gasteiger partial charge on any atom is 0.264 e. The summed E-state index contributed by atoms with van der Waals surface area (Å²) in [5.74, 6) is 0.242. The van der Waals surface area contributed by atoms with Gasteiger partial charge in [0.25, 0.3) is 10.0 Å². The number of amides is 1. The van der Waals surface area contributed by atoms with Gasteiger partial charge in [0, 0.05) is 5.41 Å². The average molecular weight is 311 g/mol. The predicted octanol–water partition coefficient (Wildman–Crippen LogP) is 2.31. The molecule has 1 saturated carbocycles. The zero-order chi connectivity index (χ0) is 15.8. The molecule has 1 fully saturated rings. The fraction of sp³-hybridized carbons (Fsp3) is 0.533. The maximum atomic E-state index is 12.4. The molecule has 0 aliphatic heterocycles. The summed E-state index contributed by atoms with van der Waals surface area (Å²) in [6.07, 6.45) is 2.43. The van der Waals surface area contributed by atoms with Crippen molar-refractivity contribution in [3.63, 3.8) is 0 Å². The molecule has 0 spiro atoms. The van der Waals surface area contributed by atoms with Crippen LogP contribution in [-0.4, -0.2) is 21.4 Å². The summed E-state index contributed by atoms with van der Waals surface area (Å²) in [5, 5.41) is 0. The van der Waals surface area contributed by atoms with Crippen molar-refractivity contribution in [3.8, 4) is 5.75 Å². The molecule has 5 nitrogen and oxygen atoms in total. The molecule has 6 heteroatoms.